The minimum atomic E-state index is -0.883. The highest BCUT2D eigenvalue weighted by atomic mass is 16.5. The molecular formula is C22H18N2O6. The summed E-state index contributed by atoms with van der Waals surface area (Å²) in [6.07, 6.45) is -0.188. The van der Waals surface area contributed by atoms with Gasteiger partial charge in [0, 0.05) is 10.9 Å². The summed E-state index contributed by atoms with van der Waals surface area (Å²) in [5.41, 5.74) is 3.42. The largest absolute Gasteiger partial charge is 0.496 e. The molecule has 152 valence electrons. The zero-order valence-electron chi connectivity index (χ0n) is 16.4. The molecule has 1 atom stereocenters. The van der Waals surface area contributed by atoms with E-state index in [0.29, 0.717) is 34.8 Å². The van der Waals surface area contributed by atoms with Crippen LogP contribution in [0.5, 0.6) is 5.75 Å². The SMILES string of the molecule is COC(=O)CC1C(=O)OCc2c1cc1n(c2=O)Cc2c-1nc1ccccc1c2OC. The lowest BCUT2D eigenvalue weighted by atomic mass is 9.90. The van der Waals surface area contributed by atoms with Crippen LogP contribution in [0.15, 0.2) is 35.1 Å². The number of ether oxygens (including phenoxy) is 3. The van der Waals surface area contributed by atoms with Gasteiger partial charge in [0.05, 0.1) is 55.6 Å². The van der Waals surface area contributed by atoms with Crippen LogP contribution >= 0.6 is 0 Å². The highest BCUT2D eigenvalue weighted by Crippen LogP contribution is 2.41. The number of carbonyl (C=O) groups excluding carboxylic acids is 2. The van der Waals surface area contributed by atoms with Crippen LogP contribution < -0.4 is 10.3 Å². The summed E-state index contributed by atoms with van der Waals surface area (Å²) in [5.74, 6) is -1.29. The molecule has 8 heteroatoms. The predicted octanol–water partition coefficient (Wildman–Crippen LogP) is 2.14. The number of esters is 2. The number of hydrogen-bond acceptors (Lipinski definition) is 7. The summed E-state index contributed by atoms with van der Waals surface area (Å²) in [6.45, 7) is 0.196. The topological polar surface area (TPSA) is 96.7 Å². The summed E-state index contributed by atoms with van der Waals surface area (Å²) in [5, 5.41) is 0.867. The highest BCUT2D eigenvalue weighted by Gasteiger charge is 2.37. The highest BCUT2D eigenvalue weighted by molar-refractivity contribution is 5.91. The van der Waals surface area contributed by atoms with E-state index in [1.54, 1.807) is 17.7 Å². The van der Waals surface area contributed by atoms with Crippen LogP contribution in [0, 0.1) is 0 Å². The van der Waals surface area contributed by atoms with Gasteiger partial charge in [-0.15, -0.1) is 0 Å². The molecule has 0 aliphatic carbocycles. The molecular weight excluding hydrogens is 388 g/mol. The number of aromatic nitrogens is 2. The van der Waals surface area contributed by atoms with E-state index in [-0.39, 0.29) is 18.6 Å². The van der Waals surface area contributed by atoms with E-state index < -0.39 is 17.9 Å². The minimum Gasteiger partial charge on any atom is -0.496 e. The predicted molar refractivity (Wildman–Crippen MR) is 106 cm³/mol. The molecule has 1 aromatic carbocycles. The Morgan fingerprint density at radius 1 is 1.23 bits per heavy atom. The van der Waals surface area contributed by atoms with Crippen LogP contribution in [-0.4, -0.2) is 35.7 Å². The van der Waals surface area contributed by atoms with E-state index in [1.807, 2.05) is 24.3 Å². The molecule has 0 spiro atoms. The first kappa shape index (κ1) is 18.4. The number of fused-ring (bicyclic) bond motifs is 5. The van der Waals surface area contributed by atoms with Crippen molar-refractivity contribution in [2.45, 2.75) is 25.5 Å². The monoisotopic (exact) mass is 406 g/mol. The van der Waals surface area contributed by atoms with Crippen molar-refractivity contribution in [2.24, 2.45) is 0 Å². The zero-order chi connectivity index (χ0) is 21.0. The van der Waals surface area contributed by atoms with E-state index in [1.165, 1.54) is 7.11 Å². The smallest absolute Gasteiger partial charge is 0.314 e. The maximum atomic E-state index is 13.3. The Balaban J connectivity index is 1.75. The van der Waals surface area contributed by atoms with Crippen molar-refractivity contribution in [3.05, 3.63) is 57.4 Å². The molecule has 2 aromatic heterocycles. The quantitative estimate of drug-likeness (QED) is 0.481. The summed E-state index contributed by atoms with van der Waals surface area (Å²) in [6, 6.07) is 9.38. The van der Waals surface area contributed by atoms with Gasteiger partial charge in [0.25, 0.3) is 5.56 Å². The van der Waals surface area contributed by atoms with Crippen molar-refractivity contribution in [1.29, 1.82) is 0 Å². The van der Waals surface area contributed by atoms with Crippen LogP contribution in [0.4, 0.5) is 0 Å². The van der Waals surface area contributed by atoms with Gasteiger partial charge in [-0.3, -0.25) is 14.4 Å². The van der Waals surface area contributed by atoms with Gasteiger partial charge < -0.3 is 18.8 Å². The van der Waals surface area contributed by atoms with Crippen molar-refractivity contribution < 1.29 is 23.8 Å². The number of pyridine rings is 2. The third-order valence-electron chi connectivity index (χ3n) is 5.76. The number of nitrogens with zero attached hydrogens (tertiary/aromatic N) is 2. The van der Waals surface area contributed by atoms with E-state index in [9.17, 15) is 14.4 Å². The lowest BCUT2D eigenvalue weighted by Crippen LogP contribution is -2.33. The number of carbonyl (C=O) groups is 2. The molecule has 0 amide bonds. The zero-order valence-corrected chi connectivity index (χ0v) is 16.4. The third-order valence-corrected chi connectivity index (χ3v) is 5.76. The van der Waals surface area contributed by atoms with E-state index in [0.717, 1.165) is 16.5 Å². The molecule has 5 rings (SSSR count). The van der Waals surface area contributed by atoms with Crippen LogP contribution in [0.1, 0.15) is 29.0 Å². The summed E-state index contributed by atoms with van der Waals surface area (Å²) < 4.78 is 17.2. The minimum absolute atomic E-state index is 0.117. The second-order valence-electron chi connectivity index (χ2n) is 7.28. The van der Waals surface area contributed by atoms with Gasteiger partial charge in [0.2, 0.25) is 0 Å². The average Bonchev–Trinajstić information content (AvgIpc) is 3.12. The number of benzene rings is 1. The van der Waals surface area contributed by atoms with Crippen LogP contribution in [0.3, 0.4) is 0 Å². The van der Waals surface area contributed by atoms with Gasteiger partial charge in [0.15, 0.2) is 0 Å². The molecule has 0 radical (unpaired) electrons. The number of hydrogen-bond donors (Lipinski definition) is 0. The third kappa shape index (κ3) is 2.53. The van der Waals surface area contributed by atoms with Crippen LogP contribution in [0.2, 0.25) is 0 Å². The molecule has 0 fully saturated rings. The van der Waals surface area contributed by atoms with Gasteiger partial charge in [-0.2, -0.15) is 0 Å². The second kappa shape index (κ2) is 6.69. The van der Waals surface area contributed by atoms with Crippen molar-refractivity contribution in [1.82, 2.24) is 9.55 Å². The number of para-hydroxylation sites is 1. The molecule has 1 unspecified atom stereocenters. The maximum absolute atomic E-state index is 13.3. The molecule has 0 bridgehead atoms. The fourth-order valence-corrected chi connectivity index (χ4v) is 4.30. The number of methoxy groups -OCH3 is 2. The number of cyclic esters (lactones) is 1. The first-order valence-corrected chi connectivity index (χ1v) is 9.49. The molecule has 0 saturated heterocycles. The van der Waals surface area contributed by atoms with Crippen molar-refractivity contribution in [3.63, 3.8) is 0 Å². The van der Waals surface area contributed by atoms with Gasteiger partial charge in [-0.1, -0.05) is 12.1 Å². The Bertz CT molecular complexity index is 1290. The van der Waals surface area contributed by atoms with E-state index >= 15 is 0 Å². The van der Waals surface area contributed by atoms with E-state index in [2.05, 4.69) is 0 Å². The van der Waals surface area contributed by atoms with Crippen LogP contribution in [0.25, 0.3) is 22.3 Å². The average molecular weight is 406 g/mol. The van der Waals surface area contributed by atoms with Crippen LogP contribution in [-0.2, 0) is 32.2 Å². The Kier molecular flexibility index (Phi) is 4.09. The number of rotatable bonds is 3. The van der Waals surface area contributed by atoms with Gasteiger partial charge in [-0.05, 0) is 23.8 Å². The first-order valence-electron chi connectivity index (χ1n) is 9.49. The normalized spacial score (nSPS) is 16.5. The van der Waals surface area contributed by atoms with Gasteiger partial charge in [-0.25, -0.2) is 4.98 Å². The molecule has 30 heavy (non-hydrogen) atoms. The molecule has 2 aliphatic rings. The summed E-state index contributed by atoms with van der Waals surface area (Å²) in [4.78, 5) is 42.2. The Labute approximate surface area is 171 Å². The summed E-state index contributed by atoms with van der Waals surface area (Å²) >= 11 is 0. The van der Waals surface area contributed by atoms with Crippen molar-refractivity contribution >= 4 is 22.8 Å². The second-order valence-corrected chi connectivity index (χ2v) is 7.28. The molecule has 2 aliphatic heterocycles. The molecule has 4 heterocycles. The lowest BCUT2D eigenvalue weighted by Gasteiger charge is -2.24. The fraction of sp³-hybridized carbons (Fsp3) is 0.273. The maximum Gasteiger partial charge on any atom is 0.314 e. The molecule has 0 saturated carbocycles. The van der Waals surface area contributed by atoms with Crippen molar-refractivity contribution in [3.8, 4) is 17.1 Å². The Morgan fingerprint density at radius 2 is 2.03 bits per heavy atom. The standard InChI is InChI=1S/C22H18N2O6/c1-28-18(25)8-13-12-7-17-19-14(9-24(17)21(26)15(12)10-30-22(13)27)20(29-2)11-5-3-4-6-16(11)23-19/h3-7,13H,8-10H2,1-2H3. The Morgan fingerprint density at radius 3 is 2.80 bits per heavy atom. The lowest BCUT2D eigenvalue weighted by molar-refractivity contribution is -0.153. The van der Waals surface area contributed by atoms with Crippen molar-refractivity contribution in [2.75, 3.05) is 14.2 Å². The van der Waals surface area contributed by atoms with Gasteiger partial charge in [0.1, 0.15) is 12.4 Å². The first-order chi connectivity index (χ1) is 14.5. The van der Waals surface area contributed by atoms with Gasteiger partial charge >= 0.3 is 11.9 Å². The fourth-order valence-electron chi connectivity index (χ4n) is 4.30. The molecule has 0 N–H and O–H groups in total. The molecule has 3 aromatic rings. The molecule has 8 nitrogen and oxygen atoms in total. The van der Waals surface area contributed by atoms with E-state index in [4.69, 9.17) is 19.2 Å². The summed E-state index contributed by atoms with van der Waals surface area (Å²) in [7, 11) is 2.85. The Hall–Kier alpha value is -3.68.